The van der Waals surface area contributed by atoms with Crippen LogP contribution in [0.25, 0.3) is 5.69 Å². The maximum absolute atomic E-state index is 12.5. The average Bonchev–Trinajstić information content (AvgIpc) is 3.41. The molecule has 0 spiro atoms. The lowest BCUT2D eigenvalue weighted by atomic mass is 10.1. The van der Waals surface area contributed by atoms with Crippen LogP contribution in [0.3, 0.4) is 0 Å². The molecular formula is C22H17N3O2S. The van der Waals surface area contributed by atoms with Gasteiger partial charge in [0.1, 0.15) is 5.76 Å². The number of carbonyl (C=O) groups is 1. The molecule has 6 heteroatoms. The lowest BCUT2D eigenvalue weighted by Gasteiger charge is -2.08. The molecule has 0 fully saturated rings. The third-order valence-electron chi connectivity index (χ3n) is 3.95. The molecule has 2 aromatic carbocycles. The standard InChI is InChI=1S/C22H17N3O2S/c26-22(19-10-4-5-11-20(19)25-14-6-7-15-25)24-23-16-17-12-13-21(27-17)28-18-8-2-1-3-9-18/h1-16H,(H,24,26)/b23-16-. The third kappa shape index (κ3) is 4.24. The molecule has 0 aliphatic heterocycles. The molecule has 0 radical (unpaired) electrons. The van der Waals surface area contributed by atoms with Crippen molar-refractivity contribution in [2.75, 3.05) is 0 Å². The van der Waals surface area contributed by atoms with Crippen molar-refractivity contribution in [1.29, 1.82) is 0 Å². The largest absolute Gasteiger partial charge is 0.448 e. The van der Waals surface area contributed by atoms with Crippen molar-refractivity contribution in [3.05, 3.63) is 103 Å². The lowest BCUT2D eigenvalue weighted by molar-refractivity contribution is 0.0955. The summed E-state index contributed by atoms with van der Waals surface area (Å²) in [7, 11) is 0. The maximum atomic E-state index is 12.5. The fourth-order valence-electron chi connectivity index (χ4n) is 2.66. The van der Waals surface area contributed by atoms with Crippen LogP contribution < -0.4 is 5.43 Å². The van der Waals surface area contributed by atoms with Crippen molar-refractivity contribution >= 4 is 23.9 Å². The minimum atomic E-state index is -0.286. The number of hydrazone groups is 1. The van der Waals surface area contributed by atoms with Gasteiger partial charge in [-0.25, -0.2) is 5.43 Å². The minimum Gasteiger partial charge on any atom is -0.448 e. The first-order valence-electron chi connectivity index (χ1n) is 8.68. The van der Waals surface area contributed by atoms with E-state index in [9.17, 15) is 4.79 Å². The van der Waals surface area contributed by atoms with Crippen LogP contribution in [0.4, 0.5) is 0 Å². The number of nitrogens with one attached hydrogen (secondary N) is 1. The Labute approximate surface area is 166 Å². The van der Waals surface area contributed by atoms with Gasteiger partial charge in [0.25, 0.3) is 5.91 Å². The molecular weight excluding hydrogens is 370 g/mol. The van der Waals surface area contributed by atoms with Crippen LogP contribution in [0.5, 0.6) is 0 Å². The summed E-state index contributed by atoms with van der Waals surface area (Å²) in [6, 6.07) is 24.9. The van der Waals surface area contributed by atoms with Gasteiger partial charge in [0.2, 0.25) is 0 Å². The summed E-state index contributed by atoms with van der Waals surface area (Å²) in [4.78, 5) is 13.6. The van der Waals surface area contributed by atoms with E-state index >= 15 is 0 Å². The third-order valence-corrected chi connectivity index (χ3v) is 4.88. The van der Waals surface area contributed by atoms with E-state index in [4.69, 9.17) is 4.42 Å². The Morgan fingerprint density at radius 3 is 2.50 bits per heavy atom. The molecule has 1 amide bonds. The fourth-order valence-corrected chi connectivity index (χ4v) is 3.46. The SMILES string of the molecule is O=C(N/N=C\c1ccc(Sc2ccccc2)o1)c1ccccc1-n1cccc1. The number of hydrogen-bond acceptors (Lipinski definition) is 4. The molecule has 1 N–H and O–H groups in total. The van der Waals surface area contributed by atoms with E-state index < -0.39 is 0 Å². The van der Waals surface area contributed by atoms with Crippen LogP contribution in [-0.2, 0) is 0 Å². The van der Waals surface area contributed by atoms with Gasteiger partial charge in [0, 0.05) is 17.3 Å². The van der Waals surface area contributed by atoms with E-state index in [1.165, 1.54) is 18.0 Å². The van der Waals surface area contributed by atoms with Gasteiger partial charge in [0.15, 0.2) is 5.09 Å². The van der Waals surface area contributed by atoms with Gasteiger partial charge in [-0.15, -0.1) is 0 Å². The van der Waals surface area contributed by atoms with Gasteiger partial charge in [0.05, 0.1) is 17.5 Å². The number of furan rings is 1. The predicted molar refractivity (Wildman–Crippen MR) is 110 cm³/mol. The summed E-state index contributed by atoms with van der Waals surface area (Å²) in [5.74, 6) is 0.281. The highest BCUT2D eigenvalue weighted by Crippen LogP contribution is 2.28. The van der Waals surface area contributed by atoms with Crippen molar-refractivity contribution in [1.82, 2.24) is 9.99 Å². The van der Waals surface area contributed by atoms with Gasteiger partial charge in [-0.05, 0) is 48.5 Å². The Kier molecular flexibility index (Phi) is 5.40. The van der Waals surface area contributed by atoms with Gasteiger partial charge >= 0.3 is 0 Å². The zero-order valence-corrected chi connectivity index (χ0v) is 15.7. The molecule has 4 aromatic rings. The molecule has 0 saturated heterocycles. The van der Waals surface area contributed by atoms with E-state index in [1.807, 2.05) is 89.8 Å². The second-order valence-corrected chi connectivity index (χ2v) is 6.96. The van der Waals surface area contributed by atoms with E-state index in [-0.39, 0.29) is 5.91 Å². The summed E-state index contributed by atoms with van der Waals surface area (Å²) < 4.78 is 7.60. The number of carbonyl (C=O) groups excluding carboxylic acids is 1. The number of amides is 1. The van der Waals surface area contributed by atoms with Crippen LogP contribution in [0, 0.1) is 0 Å². The van der Waals surface area contributed by atoms with Gasteiger partial charge in [-0.1, -0.05) is 42.1 Å². The molecule has 0 atom stereocenters. The average molecular weight is 387 g/mol. The number of aromatic nitrogens is 1. The highest BCUT2D eigenvalue weighted by Gasteiger charge is 2.11. The molecule has 28 heavy (non-hydrogen) atoms. The second-order valence-electron chi connectivity index (χ2n) is 5.88. The topological polar surface area (TPSA) is 59.5 Å². The Morgan fingerprint density at radius 2 is 1.68 bits per heavy atom. The quantitative estimate of drug-likeness (QED) is 0.375. The fraction of sp³-hybridized carbons (Fsp3) is 0. The van der Waals surface area contributed by atoms with Gasteiger partial charge in [-0.2, -0.15) is 5.10 Å². The van der Waals surface area contributed by atoms with Crippen molar-refractivity contribution in [2.24, 2.45) is 5.10 Å². The molecule has 2 heterocycles. The van der Waals surface area contributed by atoms with E-state index in [0.29, 0.717) is 11.3 Å². The Bertz CT molecular complexity index is 1090. The molecule has 2 aromatic heterocycles. The zero-order valence-electron chi connectivity index (χ0n) is 14.9. The normalized spacial score (nSPS) is 11.0. The molecule has 0 aliphatic carbocycles. The zero-order chi connectivity index (χ0) is 19.2. The van der Waals surface area contributed by atoms with E-state index in [1.54, 1.807) is 6.07 Å². The molecule has 4 rings (SSSR count). The highest BCUT2D eigenvalue weighted by molar-refractivity contribution is 7.99. The first kappa shape index (κ1) is 17.9. The van der Waals surface area contributed by atoms with Crippen molar-refractivity contribution in [2.45, 2.75) is 9.99 Å². The first-order valence-corrected chi connectivity index (χ1v) is 9.50. The van der Waals surface area contributed by atoms with Gasteiger partial charge in [-0.3, -0.25) is 4.79 Å². The smallest absolute Gasteiger partial charge is 0.273 e. The number of nitrogens with zero attached hydrogens (tertiary/aromatic N) is 2. The number of para-hydroxylation sites is 1. The summed E-state index contributed by atoms with van der Waals surface area (Å²) in [6.07, 6.45) is 5.28. The van der Waals surface area contributed by atoms with Crippen molar-refractivity contribution < 1.29 is 9.21 Å². The lowest BCUT2D eigenvalue weighted by Crippen LogP contribution is -2.19. The maximum Gasteiger partial charge on any atom is 0.273 e. The molecule has 138 valence electrons. The number of rotatable bonds is 6. The Balaban J connectivity index is 1.41. The summed E-state index contributed by atoms with van der Waals surface area (Å²) in [5.41, 5.74) is 3.89. The van der Waals surface area contributed by atoms with Crippen LogP contribution >= 0.6 is 11.8 Å². The second kappa shape index (κ2) is 8.45. The van der Waals surface area contributed by atoms with E-state index in [0.717, 1.165) is 15.7 Å². The van der Waals surface area contributed by atoms with Crippen LogP contribution in [0.1, 0.15) is 16.1 Å². The van der Waals surface area contributed by atoms with Gasteiger partial charge < -0.3 is 8.98 Å². The van der Waals surface area contributed by atoms with E-state index in [2.05, 4.69) is 10.5 Å². The Morgan fingerprint density at radius 1 is 0.929 bits per heavy atom. The van der Waals surface area contributed by atoms with Crippen LogP contribution in [-0.4, -0.2) is 16.7 Å². The van der Waals surface area contributed by atoms with Crippen molar-refractivity contribution in [3.63, 3.8) is 0 Å². The molecule has 5 nitrogen and oxygen atoms in total. The first-order chi connectivity index (χ1) is 13.8. The Hall–Kier alpha value is -3.51. The summed E-state index contributed by atoms with van der Waals surface area (Å²) in [5, 5.41) is 4.78. The predicted octanol–water partition coefficient (Wildman–Crippen LogP) is 4.99. The molecule has 0 bridgehead atoms. The highest BCUT2D eigenvalue weighted by atomic mass is 32.2. The number of benzene rings is 2. The van der Waals surface area contributed by atoms with Crippen LogP contribution in [0.2, 0.25) is 0 Å². The van der Waals surface area contributed by atoms with Crippen molar-refractivity contribution in [3.8, 4) is 5.69 Å². The monoisotopic (exact) mass is 387 g/mol. The van der Waals surface area contributed by atoms with Crippen LogP contribution in [0.15, 0.2) is 111 Å². The minimum absolute atomic E-state index is 0.286. The molecule has 0 unspecified atom stereocenters. The molecule has 0 saturated carbocycles. The number of hydrogen-bond donors (Lipinski definition) is 1. The summed E-state index contributed by atoms with van der Waals surface area (Å²) >= 11 is 1.53. The summed E-state index contributed by atoms with van der Waals surface area (Å²) in [6.45, 7) is 0. The molecule has 0 aliphatic rings.